The molecule has 2 N–H and O–H groups in total. The first-order valence-corrected chi connectivity index (χ1v) is 5.16. The highest BCUT2D eigenvalue weighted by atomic mass is 16.5. The SMILES string of the molecule is CCOCC(N)CC1CCCC1. The molecule has 72 valence electrons. The Hall–Kier alpha value is -0.0800. The molecule has 0 aliphatic heterocycles. The summed E-state index contributed by atoms with van der Waals surface area (Å²) < 4.78 is 5.28. The largest absolute Gasteiger partial charge is 0.380 e. The molecule has 12 heavy (non-hydrogen) atoms. The zero-order valence-electron chi connectivity index (χ0n) is 8.09. The Morgan fingerprint density at radius 2 is 2.08 bits per heavy atom. The third-order valence-electron chi connectivity index (χ3n) is 2.65. The molecule has 0 radical (unpaired) electrons. The highest BCUT2D eigenvalue weighted by Gasteiger charge is 2.17. The van der Waals surface area contributed by atoms with Gasteiger partial charge in [0.05, 0.1) is 6.61 Å². The van der Waals surface area contributed by atoms with Crippen LogP contribution in [-0.2, 0) is 4.74 Å². The number of rotatable bonds is 5. The molecular weight excluding hydrogens is 150 g/mol. The van der Waals surface area contributed by atoms with Crippen LogP contribution < -0.4 is 5.73 Å². The molecule has 1 aliphatic carbocycles. The van der Waals surface area contributed by atoms with Crippen molar-refractivity contribution in [3.05, 3.63) is 0 Å². The molecule has 0 aromatic heterocycles. The molecule has 1 fully saturated rings. The van der Waals surface area contributed by atoms with E-state index in [0.29, 0.717) is 0 Å². The van der Waals surface area contributed by atoms with Crippen LogP contribution >= 0.6 is 0 Å². The maximum Gasteiger partial charge on any atom is 0.0617 e. The summed E-state index contributed by atoms with van der Waals surface area (Å²) >= 11 is 0. The number of ether oxygens (including phenoxy) is 1. The van der Waals surface area contributed by atoms with Crippen molar-refractivity contribution in [3.8, 4) is 0 Å². The van der Waals surface area contributed by atoms with E-state index in [-0.39, 0.29) is 6.04 Å². The topological polar surface area (TPSA) is 35.2 Å². The second-order valence-corrected chi connectivity index (χ2v) is 3.81. The average molecular weight is 171 g/mol. The molecule has 0 spiro atoms. The molecular formula is C10H21NO. The van der Waals surface area contributed by atoms with Gasteiger partial charge in [-0.25, -0.2) is 0 Å². The van der Waals surface area contributed by atoms with Crippen LogP contribution in [0.1, 0.15) is 39.0 Å². The fourth-order valence-electron chi connectivity index (χ4n) is 2.01. The Morgan fingerprint density at radius 3 is 2.67 bits per heavy atom. The van der Waals surface area contributed by atoms with Crippen molar-refractivity contribution in [3.63, 3.8) is 0 Å². The second kappa shape index (κ2) is 5.55. The lowest BCUT2D eigenvalue weighted by atomic mass is 9.99. The minimum absolute atomic E-state index is 0.271. The van der Waals surface area contributed by atoms with E-state index in [1.165, 1.54) is 32.1 Å². The zero-order chi connectivity index (χ0) is 8.81. The summed E-state index contributed by atoms with van der Waals surface area (Å²) in [6.45, 7) is 3.55. The molecule has 1 saturated carbocycles. The maximum atomic E-state index is 5.91. The summed E-state index contributed by atoms with van der Waals surface area (Å²) in [6, 6.07) is 0.271. The van der Waals surface area contributed by atoms with Crippen LogP contribution in [0, 0.1) is 5.92 Å². The fraction of sp³-hybridized carbons (Fsp3) is 1.00. The molecule has 0 saturated heterocycles. The standard InChI is InChI=1S/C10H21NO/c1-2-12-8-10(11)7-9-5-3-4-6-9/h9-10H,2-8,11H2,1H3. The smallest absolute Gasteiger partial charge is 0.0617 e. The van der Waals surface area contributed by atoms with Crippen molar-refractivity contribution in [2.75, 3.05) is 13.2 Å². The van der Waals surface area contributed by atoms with E-state index in [9.17, 15) is 0 Å². The van der Waals surface area contributed by atoms with Gasteiger partial charge >= 0.3 is 0 Å². The molecule has 1 rings (SSSR count). The van der Waals surface area contributed by atoms with Crippen LogP contribution in [0.4, 0.5) is 0 Å². The third kappa shape index (κ3) is 3.55. The first-order chi connectivity index (χ1) is 5.83. The van der Waals surface area contributed by atoms with Crippen molar-refractivity contribution in [1.82, 2.24) is 0 Å². The predicted molar refractivity (Wildman–Crippen MR) is 51.0 cm³/mol. The number of hydrogen-bond acceptors (Lipinski definition) is 2. The second-order valence-electron chi connectivity index (χ2n) is 3.81. The van der Waals surface area contributed by atoms with Gasteiger partial charge in [-0.2, -0.15) is 0 Å². The molecule has 1 aliphatic rings. The summed E-state index contributed by atoms with van der Waals surface area (Å²) in [5, 5.41) is 0. The van der Waals surface area contributed by atoms with Gasteiger partial charge in [-0.15, -0.1) is 0 Å². The Labute approximate surface area is 75.5 Å². The van der Waals surface area contributed by atoms with Gasteiger partial charge < -0.3 is 10.5 Å². The number of hydrogen-bond donors (Lipinski definition) is 1. The third-order valence-corrected chi connectivity index (χ3v) is 2.65. The van der Waals surface area contributed by atoms with Crippen molar-refractivity contribution in [2.45, 2.75) is 45.1 Å². The van der Waals surface area contributed by atoms with Gasteiger partial charge in [0, 0.05) is 12.6 Å². The van der Waals surface area contributed by atoms with Crippen LogP contribution in [0.25, 0.3) is 0 Å². The molecule has 0 aromatic carbocycles. The normalized spacial score (nSPS) is 21.5. The molecule has 1 unspecified atom stereocenters. The zero-order valence-corrected chi connectivity index (χ0v) is 8.09. The highest BCUT2D eigenvalue weighted by Crippen LogP contribution is 2.28. The monoisotopic (exact) mass is 171 g/mol. The van der Waals surface area contributed by atoms with E-state index in [1.54, 1.807) is 0 Å². The lowest BCUT2D eigenvalue weighted by Crippen LogP contribution is -2.28. The molecule has 0 amide bonds. The van der Waals surface area contributed by atoms with Crippen molar-refractivity contribution in [1.29, 1.82) is 0 Å². The van der Waals surface area contributed by atoms with Gasteiger partial charge in [0.2, 0.25) is 0 Å². The van der Waals surface area contributed by atoms with Crippen LogP contribution in [-0.4, -0.2) is 19.3 Å². The van der Waals surface area contributed by atoms with Crippen molar-refractivity contribution >= 4 is 0 Å². The first kappa shape index (κ1) is 10.0. The lowest BCUT2D eigenvalue weighted by Gasteiger charge is -2.15. The van der Waals surface area contributed by atoms with E-state index in [0.717, 1.165) is 19.1 Å². The van der Waals surface area contributed by atoms with Crippen molar-refractivity contribution < 1.29 is 4.74 Å². The van der Waals surface area contributed by atoms with Gasteiger partial charge in [0.1, 0.15) is 0 Å². The van der Waals surface area contributed by atoms with E-state index < -0.39 is 0 Å². The summed E-state index contributed by atoms with van der Waals surface area (Å²) in [5.41, 5.74) is 5.91. The first-order valence-electron chi connectivity index (χ1n) is 5.16. The van der Waals surface area contributed by atoms with E-state index in [2.05, 4.69) is 0 Å². The van der Waals surface area contributed by atoms with Crippen molar-refractivity contribution in [2.24, 2.45) is 11.7 Å². The molecule has 0 aromatic rings. The average Bonchev–Trinajstić information content (AvgIpc) is 2.53. The molecule has 0 bridgehead atoms. The van der Waals surface area contributed by atoms with Crippen LogP contribution in [0.3, 0.4) is 0 Å². The molecule has 2 nitrogen and oxygen atoms in total. The van der Waals surface area contributed by atoms with Crippen LogP contribution in [0.15, 0.2) is 0 Å². The Kier molecular flexibility index (Phi) is 4.62. The molecule has 1 atom stereocenters. The predicted octanol–water partition coefficient (Wildman–Crippen LogP) is 1.93. The summed E-state index contributed by atoms with van der Waals surface area (Å²) in [7, 11) is 0. The summed E-state index contributed by atoms with van der Waals surface area (Å²) in [6.07, 6.45) is 6.76. The van der Waals surface area contributed by atoms with E-state index in [4.69, 9.17) is 10.5 Å². The number of nitrogens with two attached hydrogens (primary N) is 1. The lowest BCUT2D eigenvalue weighted by molar-refractivity contribution is 0.126. The minimum Gasteiger partial charge on any atom is -0.380 e. The van der Waals surface area contributed by atoms with Gasteiger partial charge in [-0.1, -0.05) is 25.7 Å². The quantitative estimate of drug-likeness (QED) is 0.686. The molecule has 2 heteroatoms. The fourth-order valence-corrected chi connectivity index (χ4v) is 2.01. The van der Waals surface area contributed by atoms with Gasteiger partial charge in [0.15, 0.2) is 0 Å². The van der Waals surface area contributed by atoms with Gasteiger partial charge in [-0.05, 0) is 19.3 Å². The highest BCUT2D eigenvalue weighted by molar-refractivity contribution is 4.72. The summed E-state index contributed by atoms with van der Waals surface area (Å²) in [4.78, 5) is 0. The Morgan fingerprint density at radius 1 is 1.42 bits per heavy atom. The maximum absolute atomic E-state index is 5.91. The summed E-state index contributed by atoms with van der Waals surface area (Å²) in [5.74, 6) is 0.889. The van der Waals surface area contributed by atoms with E-state index >= 15 is 0 Å². The van der Waals surface area contributed by atoms with Crippen LogP contribution in [0.2, 0.25) is 0 Å². The van der Waals surface area contributed by atoms with Gasteiger partial charge in [-0.3, -0.25) is 0 Å². The Bertz CT molecular complexity index is 110. The molecule has 0 heterocycles. The minimum atomic E-state index is 0.271. The van der Waals surface area contributed by atoms with E-state index in [1.807, 2.05) is 6.92 Å². The van der Waals surface area contributed by atoms with Crippen LogP contribution in [0.5, 0.6) is 0 Å². The van der Waals surface area contributed by atoms with Gasteiger partial charge in [0.25, 0.3) is 0 Å². The Balaban J connectivity index is 2.03.